The summed E-state index contributed by atoms with van der Waals surface area (Å²) in [6, 6.07) is 4.13. The van der Waals surface area contributed by atoms with Crippen molar-refractivity contribution in [3.05, 3.63) is 22.4 Å². The fraction of sp³-hybridized carbons (Fsp3) is 0.688. The SMILES string of the molecule is CC(C)(CNC(=O)NC1CCCCC1CO)c1cccs1. The van der Waals surface area contributed by atoms with Crippen LogP contribution in [0, 0.1) is 5.92 Å². The van der Waals surface area contributed by atoms with Crippen LogP contribution < -0.4 is 10.6 Å². The zero-order chi connectivity index (χ0) is 15.3. The Morgan fingerprint density at radius 2 is 2.19 bits per heavy atom. The first-order chi connectivity index (χ1) is 10.0. The Hall–Kier alpha value is -1.07. The first-order valence-corrected chi connectivity index (χ1v) is 8.60. The van der Waals surface area contributed by atoms with Crippen LogP contribution in [0.3, 0.4) is 0 Å². The van der Waals surface area contributed by atoms with Gasteiger partial charge in [-0.3, -0.25) is 0 Å². The van der Waals surface area contributed by atoms with Crippen LogP contribution in [0.4, 0.5) is 4.79 Å². The number of urea groups is 1. The second-order valence-corrected chi connectivity index (χ2v) is 7.47. The number of hydrogen-bond acceptors (Lipinski definition) is 3. The number of nitrogens with one attached hydrogen (secondary N) is 2. The van der Waals surface area contributed by atoms with E-state index in [1.165, 1.54) is 4.88 Å². The van der Waals surface area contributed by atoms with Crippen LogP contribution in [0.25, 0.3) is 0 Å². The molecular formula is C16H26N2O2S. The maximum absolute atomic E-state index is 12.1. The number of carbonyl (C=O) groups excluding carboxylic acids is 1. The first kappa shape index (κ1) is 16.3. The zero-order valence-electron chi connectivity index (χ0n) is 12.9. The highest BCUT2D eigenvalue weighted by molar-refractivity contribution is 7.10. The molecule has 1 aliphatic rings. The fourth-order valence-corrected chi connectivity index (χ4v) is 3.74. The molecule has 1 saturated carbocycles. The number of aliphatic hydroxyl groups excluding tert-OH is 1. The van der Waals surface area contributed by atoms with Crippen LogP contribution in [-0.2, 0) is 5.41 Å². The molecule has 0 aliphatic heterocycles. The molecule has 21 heavy (non-hydrogen) atoms. The molecule has 2 rings (SSSR count). The first-order valence-electron chi connectivity index (χ1n) is 7.72. The van der Waals surface area contributed by atoms with Gasteiger partial charge in [-0.05, 0) is 24.3 Å². The van der Waals surface area contributed by atoms with Gasteiger partial charge in [-0.2, -0.15) is 0 Å². The predicted molar refractivity (Wildman–Crippen MR) is 86.7 cm³/mol. The van der Waals surface area contributed by atoms with E-state index in [1.807, 2.05) is 6.07 Å². The molecule has 3 N–H and O–H groups in total. The van der Waals surface area contributed by atoms with Gasteiger partial charge in [0.05, 0.1) is 0 Å². The summed E-state index contributed by atoms with van der Waals surface area (Å²) in [4.78, 5) is 13.4. The van der Waals surface area contributed by atoms with Gasteiger partial charge in [-0.25, -0.2) is 4.79 Å². The molecule has 1 aromatic heterocycles. The van der Waals surface area contributed by atoms with Crippen molar-refractivity contribution in [1.82, 2.24) is 10.6 Å². The number of thiophene rings is 1. The molecule has 4 nitrogen and oxygen atoms in total. The molecule has 0 spiro atoms. The van der Waals surface area contributed by atoms with E-state index in [4.69, 9.17) is 0 Å². The Morgan fingerprint density at radius 3 is 2.86 bits per heavy atom. The molecule has 1 aromatic rings. The summed E-state index contributed by atoms with van der Waals surface area (Å²) < 4.78 is 0. The number of rotatable bonds is 5. The van der Waals surface area contributed by atoms with Gasteiger partial charge in [0.2, 0.25) is 0 Å². The minimum atomic E-state index is -0.120. The van der Waals surface area contributed by atoms with E-state index in [2.05, 4.69) is 35.9 Å². The standard InChI is InChI=1S/C16H26N2O2S/c1-16(2,14-8-5-9-21-14)11-17-15(20)18-13-7-4-3-6-12(13)10-19/h5,8-9,12-13,19H,3-4,6-7,10-11H2,1-2H3,(H2,17,18,20). The molecule has 2 unspecified atom stereocenters. The molecule has 2 amide bonds. The van der Waals surface area contributed by atoms with Gasteiger partial charge < -0.3 is 15.7 Å². The quantitative estimate of drug-likeness (QED) is 0.783. The average Bonchev–Trinajstić information content (AvgIpc) is 3.01. The number of aliphatic hydroxyl groups is 1. The number of carbonyl (C=O) groups is 1. The minimum Gasteiger partial charge on any atom is -0.396 e. The van der Waals surface area contributed by atoms with E-state index in [1.54, 1.807) is 11.3 Å². The second-order valence-electron chi connectivity index (χ2n) is 6.52. The summed E-state index contributed by atoms with van der Waals surface area (Å²) in [5.74, 6) is 0.204. The Labute approximate surface area is 131 Å². The van der Waals surface area contributed by atoms with Crippen molar-refractivity contribution in [2.45, 2.75) is 51.0 Å². The molecule has 0 bridgehead atoms. The highest BCUT2D eigenvalue weighted by Gasteiger charge is 2.27. The van der Waals surface area contributed by atoms with E-state index in [9.17, 15) is 9.90 Å². The number of hydrogen-bond donors (Lipinski definition) is 3. The minimum absolute atomic E-state index is 0.0611. The van der Waals surface area contributed by atoms with Gasteiger partial charge in [0.25, 0.3) is 0 Å². The summed E-state index contributed by atoms with van der Waals surface area (Å²) in [5.41, 5.74) is -0.0611. The van der Waals surface area contributed by atoms with Gasteiger partial charge in [-0.15, -0.1) is 11.3 Å². The van der Waals surface area contributed by atoms with Gasteiger partial charge in [0.15, 0.2) is 0 Å². The summed E-state index contributed by atoms with van der Waals surface area (Å²) in [6.45, 7) is 5.04. The third kappa shape index (κ3) is 4.45. The lowest BCUT2D eigenvalue weighted by molar-refractivity contribution is 0.153. The smallest absolute Gasteiger partial charge is 0.315 e. The predicted octanol–water partition coefficient (Wildman–Crippen LogP) is 2.88. The van der Waals surface area contributed by atoms with Crippen LogP contribution in [0.1, 0.15) is 44.4 Å². The maximum Gasteiger partial charge on any atom is 0.315 e. The third-order valence-corrected chi connectivity index (χ3v) is 5.57. The van der Waals surface area contributed by atoms with Crippen LogP contribution in [0.15, 0.2) is 17.5 Å². The van der Waals surface area contributed by atoms with Crippen molar-refractivity contribution in [2.75, 3.05) is 13.2 Å². The molecule has 2 atom stereocenters. The van der Waals surface area contributed by atoms with Gasteiger partial charge >= 0.3 is 6.03 Å². The fourth-order valence-electron chi connectivity index (χ4n) is 2.89. The highest BCUT2D eigenvalue weighted by Crippen LogP contribution is 2.27. The summed E-state index contributed by atoms with van der Waals surface area (Å²) in [6.07, 6.45) is 4.24. The zero-order valence-corrected chi connectivity index (χ0v) is 13.7. The van der Waals surface area contributed by atoms with E-state index in [0.29, 0.717) is 6.54 Å². The highest BCUT2D eigenvalue weighted by atomic mass is 32.1. The van der Waals surface area contributed by atoms with E-state index < -0.39 is 0 Å². The summed E-state index contributed by atoms with van der Waals surface area (Å²) >= 11 is 1.72. The van der Waals surface area contributed by atoms with Crippen molar-refractivity contribution in [3.63, 3.8) is 0 Å². The molecule has 0 radical (unpaired) electrons. The summed E-state index contributed by atoms with van der Waals surface area (Å²) in [7, 11) is 0. The lowest BCUT2D eigenvalue weighted by atomic mass is 9.85. The van der Waals surface area contributed by atoms with Crippen LogP contribution in [0.2, 0.25) is 0 Å². The van der Waals surface area contributed by atoms with Gasteiger partial charge in [-0.1, -0.05) is 32.8 Å². The molecule has 5 heteroatoms. The lowest BCUT2D eigenvalue weighted by Crippen LogP contribution is -2.49. The van der Waals surface area contributed by atoms with Gasteiger partial charge in [0, 0.05) is 35.4 Å². The van der Waals surface area contributed by atoms with Crippen molar-refractivity contribution in [2.24, 2.45) is 5.92 Å². The molecule has 1 heterocycles. The topological polar surface area (TPSA) is 61.4 Å². The molecule has 0 aromatic carbocycles. The Balaban J connectivity index is 1.82. The molecule has 0 saturated heterocycles. The Morgan fingerprint density at radius 1 is 1.43 bits per heavy atom. The van der Waals surface area contributed by atoms with Crippen LogP contribution >= 0.6 is 11.3 Å². The van der Waals surface area contributed by atoms with E-state index in [-0.39, 0.29) is 30.0 Å². The largest absolute Gasteiger partial charge is 0.396 e. The van der Waals surface area contributed by atoms with Crippen molar-refractivity contribution in [1.29, 1.82) is 0 Å². The normalized spacial score (nSPS) is 22.8. The van der Waals surface area contributed by atoms with Crippen molar-refractivity contribution in [3.8, 4) is 0 Å². The molecule has 118 valence electrons. The van der Waals surface area contributed by atoms with Crippen LogP contribution in [-0.4, -0.2) is 30.3 Å². The van der Waals surface area contributed by atoms with Crippen molar-refractivity contribution < 1.29 is 9.90 Å². The monoisotopic (exact) mass is 310 g/mol. The Kier molecular flexibility index (Phi) is 5.65. The van der Waals surface area contributed by atoms with Crippen LogP contribution in [0.5, 0.6) is 0 Å². The van der Waals surface area contributed by atoms with E-state index >= 15 is 0 Å². The third-order valence-electron chi connectivity index (χ3n) is 4.34. The van der Waals surface area contributed by atoms with E-state index in [0.717, 1.165) is 25.7 Å². The molecule has 1 fully saturated rings. The molecular weight excluding hydrogens is 284 g/mol. The summed E-state index contributed by atoms with van der Waals surface area (Å²) in [5, 5.41) is 17.5. The van der Waals surface area contributed by atoms with Gasteiger partial charge in [0.1, 0.15) is 0 Å². The second kappa shape index (κ2) is 7.27. The lowest BCUT2D eigenvalue weighted by Gasteiger charge is -2.31. The molecule has 1 aliphatic carbocycles. The Bertz CT molecular complexity index is 445. The maximum atomic E-state index is 12.1. The number of amides is 2. The van der Waals surface area contributed by atoms with Crippen molar-refractivity contribution >= 4 is 17.4 Å². The average molecular weight is 310 g/mol.